The lowest BCUT2D eigenvalue weighted by atomic mass is 10.0. The van der Waals surface area contributed by atoms with Gasteiger partial charge in [0.2, 0.25) is 17.7 Å². The molecule has 0 aromatic carbocycles. The summed E-state index contributed by atoms with van der Waals surface area (Å²) in [6.07, 6.45) is -1.28. The standard InChI is InChI=1S/C21H37N7O9/c1-10(2)8-14(19(35)27-13(20(36)37)4-3-7-25-21(23)24)28-18(34)12(5-6-15(29)30)26-17(33)11(22)9-16(31)32/h10-14H,3-9,22H2,1-2H3,(H,26,33)(H,27,35)(H,28,34)(H,29,30)(H,31,32)(H,36,37)(H4,23,24,25). The molecule has 16 nitrogen and oxygen atoms in total. The smallest absolute Gasteiger partial charge is 0.326 e. The summed E-state index contributed by atoms with van der Waals surface area (Å²) < 4.78 is 0. The Morgan fingerprint density at radius 1 is 0.784 bits per heavy atom. The molecule has 0 aliphatic rings. The van der Waals surface area contributed by atoms with Gasteiger partial charge in [-0.2, -0.15) is 0 Å². The van der Waals surface area contributed by atoms with Crippen LogP contribution in [0.4, 0.5) is 0 Å². The van der Waals surface area contributed by atoms with E-state index in [1.54, 1.807) is 13.8 Å². The molecule has 3 amide bonds. The first-order chi connectivity index (χ1) is 17.1. The van der Waals surface area contributed by atoms with Crippen molar-refractivity contribution >= 4 is 41.6 Å². The number of aliphatic imine (C=N–C) groups is 1. The third-order valence-electron chi connectivity index (χ3n) is 4.91. The van der Waals surface area contributed by atoms with Gasteiger partial charge in [0.25, 0.3) is 0 Å². The Balaban J connectivity index is 5.55. The fourth-order valence-electron chi connectivity index (χ4n) is 3.10. The zero-order valence-corrected chi connectivity index (χ0v) is 20.8. The second-order valence-corrected chi connectivity index (χ2v) is 8.74. The summed E-state index contributed by atoms with van der Waals surface area (Å²) in [5.74, 6) is -6.94. The Hall–Kier alpha value is -3.95. The molecule has 0 saturated heterocycles. The van der Waals surface area contributed by atoms with Crippen LogP contribution in [0.5, 0.6) is 0 Å². The lowest BCUT2D eigenvalue weighted by Crippen LogP contribution is -2.57. The van der Waals surface area contributed by atoms with E-state index in [4.69, 9.17) is 27.4 Å². The third-order valence-corrected chi connectivity index (χ3v) is 4.91. The Morgan fingerprint density at radius 2 is 1.32 bits per heavy atom. The molecule has 4 unspecified atom stereocenters. The number of rotatable bonds is 18. The summed E-state index contributed by atoms with van der Waals surface area (Å²) >= 11 is 0. The fraction of sp³-hybridized carbons (Fsp3) is 0.667. The number of nitrogens with zero attached hydrogens (tertiary/aromatic N) is 1. The molecule has 210 valence electrons. The predicted molar refractivity (Wildman–Crippen MR) is 130 cm³/mol. The van der Waals surface area contributed by atoms with Gasteiger partial charge in [0, 0.05) is 13.0 Å². The Morgan fingerprint density at radius 3 is 1.81 bits per heavy atom. The minimum atomic E-state index is -1.50. The van der Waals surface area contributed by atoms with Crippen molar-refractivity contribution in [1.82, 2.24) is 16.0 Å². The maximum atomic E-state index is 12.9. The molecule has 16 heteroatoms. The van der Waals surface area contributed by atoms with Crippen LogP contribution in [0.1, 0.15) is 52.4 Å². The minimum Gasteiger partial charge on any atom is -0.481 e. The van der Waals surface area contributed by atoms with Crippen LogP contribution in [0, 0.1) is 5.92 Å². The molecule has 0 spiro atoms. The second kappa shape index (κ2) is 16.7. The van der Waals surface area contributed by atoms with Crippen LogP contribution in [0.15, 0.2) is 4.99 Å². The number of carbonyl (C=O) groups excluding carboxylic acids is 3. The predicted octanol–water partition coefficient (Wildman–Crippen LogP) is -2.71. The number of hydrogen-bond acceptors (Lipinski definition) is 8. The van der Waals surface area contributed by atoms with Gasteiger partial charge in [0.15, 0.2) is 5.96 Å². The molecule has 0 aliphatic heterocycles. The van der Waals surface area contributed by atoms with Gasteiger partial charge in [-0.05, 0) is 31.6 Å². The number of hydrogen-bond donors (Lipinski definition) is 9. The van der Waals surface area contributed by atoms with Crippen molar-refractivity contribution in [2.75, 3.05) is 6.54 Å². The van der Waals surface area contributed by atoms with Crippen LogP contribution < -0.4 is 33.2 Å². The molecule has 12 N–H and O–H groups in total. The van der Waals surface area contributed by atoms with E-state index in [0.717, 1.165) is 0 Å². The van der Waals surface area contributed by atoms with E-state index in [2.05, 4.69) is 20.9 Å². The molecule has 0 fully saturated rings. The molecule has 0 aliphatic carbocycles. The highest BCUT2D eigenvalue weighted by Crippen LogP contribution is 2.09. The van der Waals surface area contributed by atoms with Crippen molar-refractivity contribution in [2.45, 2.75) is 76.5 Å². The van der Waals surface area contributed by atoms with Gasteiger partial charge in [-0.3, -0.25) is 29.0 Å². The molecule has 0 bridgehead atoms. The molecule has 0 heterocycles. The van der Waals surface area contributed by atoms with Gasteiger partial charge < -0.3 is 48.5 Å². The molecule has 0 saturated carbocycles. The van der Waals surface area contributed by atoms with Crippen molar-refractivity contribution in [2.24, 2.45) is 28.1 Å². The fourth-order valence-corrected chi connectivity index (χ4v) is 3.10. The quantitative estimate of drug-likeness (QED) is 0.0495. The lowest BCUT2D eigenvalue weighted by Gasteiger charge is -2.26. The van der Waals surface area contributed by atoms with Crippen molar-refractivity contribution < 1.29 is 44.1 Å². The van der Waals surface area contributed by atoms with E-state index in [0.29, 0.717) is 0 Å². The molecule has 4 atom stereocenters. The SMILES string of the molecule is CC(C)CC(NC(=O)C(CCC(=O)O)NC(=O)C(N)CC(=O)O)C(=O)NC(CCCN=C(N)N)C(=O)O. The number of guanidine groups is 1. The molecule has 0 aromatic heterocycles. The van der Waals surface area contributed by atoms with Gasteiger partial charge in [-0.1, -0.05) is 13.8 Å². The zero-order chi connectivity index (χ0) is 28.7. The number of carboxylic acids is 3. The number of carbonyl (C=O) groups is 6. The summed E-state index contributed by atoms with van der Waals surface area (Å²) in [5, 5.41) is 34.2. The molecule has 0 radical (unpaired) electrons. The van der Waals surface area contributed by atoms with E-state index in [9.17, 15) is 33.9 Å². The molecule has 0 aromatic rings. The first-order valence-electron chi connectivity index (χ1n) is 11.5. The summed E-state index contributed by atoms with van der Waals surface area (Å²) in [6, 6.07) is -5.46. The van der Waals surface area contributed by atoms with Gasteiger partial charge in [0.1, 0.15) is 18.1 Å². The number of nitrogens with one attached hydrogen (secondary N) is 3. The van der Waals surface area contributed by atoms with E-state index >= 15 is 0 Å². The highest BCUT2D eigenvalue weighted by molar-refractivity contribution is 5.94. The number of amides is 3. The highest BCUT2D eigenvalue weighted by atomic mass is 16.4. The lowest BCUT2D eigenvalue weighted by molar-refractivity contribution is -0.142. The van der Waals surface area contributed by atoms with Gasteiger partial charge >= 0.3 is 17.9 Å². The maximum absolute atomic E-state index is 12.9. The first-order valence-corrected chi connectivity index (χ1v) is 11.5. The van der Waals surface area contributed by atoms with Crippen molar-refractivity contribution in [3.05, 3.63) is 0 Å². The summed E-state index contributed by atoms with van der Waals surface area (Å²) in [4.78, 5) is 75.2. The largest absolute Gasteiger partial charge is 0.481 e. The van der Waals surface area contributed by atoms with Gasteiger partial charge in [-0.15, -0.1) is 0 Å². The normalized spacial score (nSPS) is 13.9. The van der Waals surface area contributed by atoms with Crippen molar-refractivity contribution in [3.63, 3.8) is 0 Å². The van der Waals surface area contributed by atoms with E-state index in [1.807, 2.05) is 0 Å². The van der Waals surface area contributed by atoms with Crippen molar-refractivity contribution in [3.8, 4) is 0 Å². The summed E-state index contributed by atoms with van der Waals surface area (Å²) in [7, 11) is 0. The number of nitrogens with two attached hydrogens (primary N) is 3. The van der Waals surface area contributed by atoms with Crippen LogP contribution in [0.2, 0.25) is 0 Å². The Bertz CT molecular complexity index is 859. The molecular formula is C21H37N7O9. The highest BCUT2D eigenvalue weighted by Gasteiger charge is 2.31. The van der Waals surface area contributed by atoms with Crippen LogP contribution in [-0.2, 0) is 28.8 Å². The number of aliphatic carboxylic acids is 3. The van der Waals surface area contributed by atoms with Crippen molar-refractivity contribution in [1.29, 1.82) is 0 Å². The third kappa shape index (κ3) is 14.9. The first kappa shape index (κ1) is 33.0. The Kier molecular flexibility index (Phi) is 14.9. The molecule has 37 heavy (non-hydrogen) atoms. The maximum Gasteiger partial charge on any atom is 0.326 e. The van der Waals surface area contributed by atoms with E-state index in [-0.39, 0.29) is 44.1 Å². The summed E-state index contributed by atoms with van der Waals surface area (Å²) in [5.41, 5.74) is 15.9. The zero-order valence-electron chi connectivity index (χ0n) is 20.8. The molecule has 0 rings (SSSR count). The topological polar surface area (TPSA) is 290 Å². The van der Waals surface area contributed by atoms with E-state index < -0.39 is 72.6 Å². The number of carboxylic acid groups (broad SMARTS) is 3. The van der Waals surface area contributed by atoms with E-state index in [1.165, 1.54) is 0 Å². The van der Waals surface area contributed by atoms with Gasteiger partial charge in [0.05, 0.1) is 12.5 Å². The van der Waals surface area contributed by atoms with Gasteiger partial charge in [-0.25, -0.2) is 4.79 Å². The molecular weight excluding hydrogens is 494 g/mol. The summed E-state index contributed by atoms with van der Waals surface area (Å²) in [6.45, 7) is 3.65. The average Bonchev–Trinajstić information content (AvgIpc) is 2.76. The minimum absolute atomic E-state index is 0.00103. The average molecular weight is 532 g/mol. The van der Waals surface area contributed by atoms with Crippen LogP contribution in [0.3, 0.4) is 0 Å². The monoisotopic (exact) mass is 531 g/mol. The van der Waals surface area contributed by atoms with Crippen LogP contribution >= 0.6 is 0 Å². The van der Waals surface area contributed by atoms with Crippen LogP contribution in [0.25, 0.3) is 0 Å². The Labute approximate surface area is 213 Å². The second-order valence-electron chi connectivity index (χ2n) is 8.74. The van der Waals surface area contributed by atoms with Crippen LogP contribution in [-0.4, -0.2) is 87.6 Å².